The van der Waals surface area contributed by atoms with Crippen LogP contribution in [0.25, 0.3) is 0 Å². The molecule has 1 aromatic carbocycles. The van der Waals surface area contributed by atoms with Crippen molar-refractivity contribution in [3.8, 4) is 0 Å². The molecule has 0 saturated carbocycles. The molecule has 2 amide bonds. The van der Waals surface area contributed by atoms with Gasteiger partial charge in [0.2, 0.25) is 0 Å². The van der Waals surface area contributed by atoms with Crippen LogP contribution in [-0.4, -0.2) is 45.9 Å². The first kappa shape index (κ1) is 24.9. The van der Waals surface area contributed by atoms with Crippen molar-refractivity contribution >= 4 is 69.4 Å². The lowest BCUT2D eigenvalue weighted by Gasteiger charge is -2.17. The molecule has 29 heavy (non-hydrogen) atoms. The number of alkyl carbamates (subject to hydrolysis) is 2. The minimum Gasteiger partial charge on any atom is -0.611 e. The molecule has 1 unspecified atom stereocenters. The number of hydrogen-bond donors (Lipinski definition) is 4. The van der Waals surface area contributed by atoms with E-state index in [-0.39, 0.29) is 23.4 Å². The van der Waals surface area contributed by atoms with Crippen LogP contribution in [0.1, 0.15) is 27.2 Å². The largest absolute Gasteiger partial charge is 0.611 e. The number of hydrogen-bond acceptors (Lipinski definition) is 7. The standard InChI is InChI=1S/C17H24N4O5S3/c1-4-9-29(24)11-7-8-12(18-14(27)20-16(22)25-5-2)13(10-11)19-15(28)21-17(23)26-6-3/h7-8,10H,4-6,9H2,1-3H3,(H2,18,20,22,27)(H2,19,21,23,28). The molecule has 0 radical (unpaired) electrons. The van der Waals surface area contributed by atoms with E-state index < -0.39 is 23.4 Å². The number of carbonyl (C=O) groups excluding carboxylic acids is 2. The van der Waals surface area contributed by atoms with Gasteiger partial charge in [-0.15, -0.1) is 0 Å². The van der Waals surface area contributed by atoms with Crippen molar-refractivity contribution < 1.29 is 23.6 Å². The van der Waals surface area contributed by atoms with Gasteiger partial charge in [-0.1, -0.05) is 6.92 Å². The Balaban J connectivity index is 3.00. The molecular formula is C17H24N4O5S3. The highest BCUT2D eigenvalue weighted by Crippen LogP contribution is 2.26. The normalized spacial score (nSPS) is 11.0. The number of nitrogens with one attached hydrogen (secondary N) is 4. The first-order chi connectivity index (χ1) is 13.8. The Morgan fingerprint density at radius 3 is 1.97 bits per heavy atom. The summed E-state index contributed by atoms with van der Waals surface area (Å²) in [6.07, 6.45) is -0.643. The van der Waals surface area contributed by atoms with E-state index in [0.717, 1.165) is 6.42 Å². The zero-order valence-electron chi connectivity index (χ0n) is 16.3. The first-order valence-corrected chi connectivity index (χ1v) is 11.0. The van der Waals surface area contributed by atoms with Gasteiger partial charge in [0.15, 0.2) is 15.1 Å². The van der Waals surface area contributed by atoms with Gasteiger partial charge in [-0.05, 0) is 68.0 Å². The van der Waals surface area contributed by atoms with Gasteiger partial charge in [-0.25, -0.2) is 9.59 Å². The summed E-state index contributed by atoms with van der Waals surface area (Å²) in [5, 5.41) is 10.4. The van der Waals surface area contributed by atoms with Gasteiger partial charge in [0.1, 0.15) is 5.75 Å². The Hall–Kier alpha value is -2.15. The van der Waals surface area contributed by atoms with Crippen molar-refractivity contribution in [2.75, 3.05) is 29.6 Å². The number of carbonyl (C=O) groups is 2. The first-order valence-electron chi connectivity index (χ1n) is 8.82. The third kappa shape index (κ3) is 9.26. The van der Waals surface area contributed by atoms with Gasteiger partial charge in [-0.3, -0.25) is 10.6 Å². The molecule has 160 valence electrons. The predicted molar refractivity (Wildman–Crippen MR) is 121 cm³/mol. The zero-order valence-corrected chi connectivity index (χ0v) is 18.8. The molecular weight excluding hydrogens is 436 g/mol. The Bertz CT molecular complexity index is 748. The van der Waals surface area contributed by atoms with Gasteiger partial charge in [-0.2, -0.15) is 0 Å². The average Bonchev–Trinajstić information content (AvgIpc) is 2.63. The summed E-state index contributed by atoms with van der Waals surface area (Å²) in [7, 11) is 0. The van der Waals surface area contributed by atoms with Crippen molar-refractivity contribution in [3.05, 3.63) is 18.2 Å². The Morgan fingerprint density at radius 2 is 1.48 bits per heavy atom. The highest BCUT2D eigenvalue weighted by Gasteiger charge is 2.16. The van der Waals surface area contributed by atoms with E-state index in [2.05, 4.69) is 21.3 Å². The molecule has 0 saturated heterocycles. The van der Waals surface area contributed by atoms with E-state index in [1.54, 1.807) is 32.0 Å². The van der Waals surface area contributed by atoms with Gasteiger partial charge < -0.3 is 24.7 Å². The predicted octanol–water partition coefficient (Wildman–Crippen LogP) is 3.09. The SMILES string of the molecule is CCC[S+]([O-])c1ccc(NC(=S)NC(=O)OCC)c(NC(=S)NC(=O)OCC)c1. The van der Waals surface area contributed by atoms with Crippen LogP contribution in [0.4, 0.5) is 21.0 Å². The van der Waals surface area contributed by atoms with Crippen LogP contribution in [0.2, 0.25) is 0 Å². The second-order valence-corrected chi connectivity index (χ2v) is 7.74. The Morgan fingerprint density at radius 1 is 0.966 bits per heavy atom. The van der Waals surface area contributed by atoms with E-state index in [1.165, 1.54) is 0 Å². The topological polar surface area (TPSA) is 124 Å². The molecule has 0 aliphatic heterocycles. The van der Waals surface area contributed by atoms with Crippen molar-refractivity contribution in [3.63, 3.8) is 0 Å². The van der Waals surface area contributed by atoms with Gasteiger partial charge >= 0.3 is 12.2 Å². The quantitative estimate of drug-likeness (QED) is 0.359. The highest BCUT2D eigenvalue weighted by molar-refractivity contribution is 7.91. The lowest BCUT2D eigenvalue weighted by atomic mass is 10.2. The van der Waals surface area contributed by atoms with Crippen molar-refractivity contribution in [1.29, 1.82) is 0 Å². The average molecular weight is 461 g/mol. The molecule has 0 fully saturated rings. The summed E-state index contributed by atoms with van der Waals surface area (Å²) < 4.78 is 21.9. The number of benzene rings is 1. The molecule has 0 bridgehead atoms. The second kappa shape index (κ2) is 13.1. The summed E-state index contributed by atoms with van der Waals surface area (Å²) in [5.41, 5.74) is 0.846. The van der Waals surface area contributed by atoms with E-state index in [9.17, 15) is 14.1 Å². The van der Waals surface area contributed by atoms with E-state index in [0.29, 0.717) is 22.0 Å². The minimum absolute atomic E-state index is 0.00167. The molecule has 1 aromatic rings. The third-order valence-corrected chi connectivity index (χ3v) is 5.09. The zero-order chi connectivity index (χ0) is 21.8. The number of thiocarbonyl (C=S) groups is 2. The summed E-state index contributed by atoms with van der Waals surface area (Å²) >= 11 is 9.01. The molecule has 9 nitrogen and oxygen atoms in total. The fourth-order valence-corrected chi connectivity index (χ4v) is 3.47. The molecule has 1 atom stereocenters. The second-order valence-electron chi connectivity index (χ2n) is 5.36. The number of anilines is 2. The van der Waals surface area contributed by atoms with Crippen LogP contribution < -0.4 is 21.3 Å². The minimum atomic E-state index is -1.20. The molecule has 0 aliphatic carbocycles. The molecule has 0 aliphatic rings. The van der Waals surface area contributed by atoms with Crippen molar-refractivity contribution in [2.45, 2.75) is 32.1 Å². The number of amides is 2. The van der Waals surface area contributed by atoms with E-state index in [4.69, 9.17) is 33.9 Å². The van der Waals surface area contributed by atoms with Crippen LogP contribution in [-0.2, 0) is 20.6 Å². The molecule has 0 spiro atoms. The molecule has 1 rings (SSSR count). The molecule has 12 heteroatoms. The highest BCUT2D eigenvalue weighted by atomic mass is 32.2. The smallest absolute Gasteiger partial charge is 0.413 e. The Labute approximate surface area is 183 Å². The summed E-state index contributed by atoms with van der Waals surface area (Å²) in [6.45, 7) is 5.67. The maximum atomic E-state index is 12.3. The third-order valence-electron chi connectivity index (χ3n) is 3.12. The molecule has 0 heterocycles. The van der Waals surface area contributed by atoms with Crippen molar-refractivity contribution in [1.82, 2.24) is 10.6 Å². The summed E-state index contributed by atoms with van der Waals surface area (Å²) in [5.74, 6) is 0.501. The van der Waals surface area contributed by atoms with Crippen LogP contribution in [0.15, 0.2) is 23.1 Å². The van der Waals surface area contributed by atoms with Crippen LogP contribution in [0.3, 0.4) is 0 Å². The fourth-order valence-electron chi connectivity index (χ4n) is 2.01. The number of ether oxygens (including phenoxy) is 2. The van der Waals surface area contributed by atoms with E-state index in [1.807, 2.05) is 6.92 Å². The molecule has 0 aromatic heterocycles. The fraction of sp³-hybridized carbons (Fsp3) is 0.412. The van der Waals surface area contributed by atoms with Gasteiger partial charge in [0.25, 0.3) is 0 Å². The van der Waals surface area contributed by atoms with Crippen molar-refractivity contribution in [2.24, 2.45) is 0 Å². The summed E-state index contributed by atoms with van der Waals surface area (Å²) in [4.78, 5) is 23.6. The lowest BCUT2D eigenvalue weighted by molar-refractivity contribution is 0.157. The lowest BCUT2D eigenvalue weighted by Crippen LogP contribution is -2.36. The maximum Gasteiger partial charge on any atom is 0.413 e. The van der Waals surface area contributed by atoms with Gasteiger partial charge in [0, 0.05) is 6.07 Å². The number of rotatable bonds is 7. The monoisotopic (exact) mass is 460 g/mol. The maximum absolute atomic E-state index is 12.3. The van der Waals surface area contributed by atoms with Crippen LogP contribution in [0.5, 0.6) is 0 Å². The molecule has 4 N–H and O–H groups in total. The van der Waals surface area contributed by atoms with Crippen LogP contribution in [0, 0.1) is 0 Å². The summed E-state index contributed by atoms with van der Waals surface area (Å²) in [6, 6.07) is 4.94. The van der Waals surface area contributed by atoms with E-state index >= 15 is 0 Å². The Kier molecular flexibility index (Phi) is 11.3. The van der Waals surface area contributed by atoms with Crippen LogP contribution >= 0.6 is 24.4 Å². The van der Waals surface area contributed by atoms with Gasteiger partial charge in [0.05, 0.1) is 24.6 Å².